The Balaban J connectivity index is 1.50. The molecule has 0 spiro atoms. The molecule has 2 heterocycles. The summed E-state index contributed by atoms with van der Waals surface area (Å²) < 4.78 is 1.86. The number of pyridine rings is 1. The van der Waals surface area contributed by atoms with Crippen LogP contribution in [0.2, 0.25) is 0 Å². The van der Waals surface area contributed by atoms with Gasteiger partial charge in [-0.1, -0.05) is 60.7 Å². The van der Waals surface area contributed by atoms with E-state index in [4.69, 9.17) is 0 Å². The molecule has 0 unspecified atom stereocenters. The summed E-state index contributed by atoms with van der Waals surface area (Å²) in [6.07, 6.45) is 1.94. The first-order chi connectivity index (χ1) is 13.1. The zero-order valence-electron chi connectivity index (χ0n) is 15.4. The number of rotatable bonds is 4. The Hall–Kier alpha value is -3.40. The second-order valence-electron chi connectivity index (χ2n) is 6.73. The van der Waals surface area contributed by atoms with E-state index in [9.17, 15) is 4.79 Å². The van der Waals surface area contributed by atoms with Crippen molar-refractivity contribution in [3.05, 3.63) is 95.4 Å². The van der Waals surface area contributed by atoms with E-state index in [2.05, 4.69) is 34.6 Å². The van der Waals surface area contributed by atoms with E-state index < -0.39 is 0 Å². The smallest absolute Gasteiger partial charge is 0.270 e. The van der Waals surface area contributed by atoms with Gasteiger partial charge < -0.3 is 5.32 Å². The highest BCUT2D eigenvalue weighted by atomic mass is 16.1. The molecular weight excluding hydrogens is 334 g/mol. The number of aryl methyl sites for hydroxylation is 2. The van der Waals surface area contributed by atoms with Crippen molar-refractivity contribution in [1.29, 1.82) is 0 Å². The van der Waals surface area contributed by atoms with Crippen LogP contribution in [0, 0.1) is 13.8 Å². The summed E-state index contributed by atoms with van der Waals surface area (Å²) >= 11 is 0. The van der Waals surface area contributed by atoms with Gasteiger partial charge in [-0.05, 0) is 42.2 Å². The normalized spacial score (nSPS) is 10.9. The quantitative estimate of drug-likeness (QED) is 0.584. The lowest BCUT2D eigenvalue weighted by atomic mass is 10.0. The molecule has 4 nitrogen and oxygen atoms in total. The summed E-state index contributed by atoms with van der Waals surface area (Å²) in [6.45, 7) is 4.35. The van der Waals surface area contributed by atoms with Gasteiger partial charge in [0.2, 0.25) is 0 Å². The zero-order valence-corrected chi connectivity index (χ0v) is 15.4. The standard InChI is InChI=1S/C23H21N3O/c1-16-8-13-21-25-17(2)22(26(21)15-16)23(27)24-14-18-9-11-20(12-10-18)19-6-4-3-5-7-19/h3-13,15H,14H2,1-2H3,(H,24,27). The number of hydrogen-bond acceptors (Lipinski definition) is 2. The Morgan fingerprint density at radius 2 is 1.63 bits per heavy atom. The van der Waals surface area contributed by atoms with Crippen LogP contribution in [0.15, 0.2) is 72.9 Å². The number of benzene rings is 2. The second-order valence-corrected chi connectivity index (χ2v) is 6.73. The molecule has 0 aliphatic heterocycles. The summed E-state index contributed by atoms with van der Waals surface area (Å²) in [6, 6.07) is 22.4. The molecular formula is C23H21N3O. The number of nitrogens with one attached hydrogen (secondary N) is 1. The molecule has 1 N–H and O–H groups in total. The van der Waals surface area contributed by atoms with Gasteiger partial charge in [-0.25, -0.2) is 4.98 Å². The predicted molar refractivity (Wildman–Crippen MR) is 108 cm³/mol. The van der Waals surface area contributed by atoms with Gasteiger partial charge in [-0.15, -0.1) is 0 Å². The van der Waals surface area contributed by atoms with E-state index in [1.165, 1.54) is 11.1 Å². The summed E-state index contributed by atoms with van der Waals surface area (Å²) in [4.78, 5) is 17.2. The molecule has 2 aromatic heterocycles. The van der Waals surface area contributed by atoms with Gasteiger partial charge in [0.05, 0.1) is 5.69 Å². The number of carbonyl (C=O) groups excluding carboxylic acids is 1. The van der Waals surface area contributed by atoms with Crippen LogP contribution in [0.3, 0.4) is 0 Å². The van der Waals surface area contributed by atoms with Crippen LogP contribution in [0.1, 0.15) is 27.3 Å². The lowest BCUT2D eigenvalue weighted by molar-refractivity contribution is 0.0944. The van der Waals surface area contributed by atoms with Crippen molar-refractivity contribution in [2.75, 3.05) is 0 Å². The van der Waals surface area contributed by atoms with Crippen molar-refractivity contribution >= 4 is 11.6 Å². The van der Waals surface area contributed by atoms with Gasteiger partial charge in [0.15, 0.2) is 0 Å². The Labute approximate surface area is 158 Å². The number of hydrogen-bond donors (Lipinski definition) is 1. The van der Waals surface area contributed by atoms with Crippen molar-refractivity contribution in [1.82, 2.24) is 14.7 Å². The van der Waals surface area contributed by atoms with Crippen molar-refractivity contribution < 1.29 is 4.79 Å². The van der Waals surface area contributed by atoms with E-state index in [0.717, 1.165) is 22.5 Å². The number of aromatic nitrogens is 2. The zero-order chi connectivity index (χ0) is 18.8. The fourth-order valence-electron chi connectivity index (χ4n) is 3.25. The number of nitrogens with zero attached hydrogens (tertiary/aromatic N) is 2. The highest BCUT2D eigenvalue weighted by Crippen LogP contribution is 2.19. The number of carbonyl (C=O) groups is 1. The Morgan fingerprint density at radius 3 is 2.37 bits per heavy atom. The van der Waals surface area contributed by atoms with E-state index in [0.29, 0.717) is 12.2 Å². The van der Waals surface area contributed by atoms with Crippen molar-refractivity contribution in [2.45, 2.75) is 20.4 Å². The van der Waals surface area contributed by atoms with Gasteiger partial charge in [-0.2, -0.15) is 0 Å². The Morgan fingerprint density at radius 1 is 0.926 bits per heavy atom. The predicted octanol–water partition coefficient (Wildman–Crippen LogP) is 4.55. The molecule has 0 fully saturated rings. The molecule has 4 aromatic rings. The summed E-state index contributed by atoms with van der Waals surface area (Å²) in [5.74, 6) is -0.113. The Kier molecular flexibility index (Phi) is 4.47. The fraction of sp³-hybridized carbons (Fsp3) is 0.130. The third kappa shape index (κ3) is 3.47. The maximum Gasteiger partial charge on any atom is 0.270 e. The van der Waals surface area contributed by atoms with Gasteiger partial charge in [-0.3, -0.25) is 9.20 Å². The van der Waals surface area contributed by atoms with Crippen LogP contribution in [0.5, 0.6) is 0 Å². The van der Waals surface area contributed by atoms with Crippen molar-refractivity contribution in [2.24, 2.45) is 0 Å². The lowest BCUT2D eigenvalue weighted by Gasteiger charge is -2.08. The third-order valence-corrected chi connectivity index (χ3v) is 4.67. The summed E-state index contributed by atoms with van der Waals surface area (Å²) in [7, 11) is 0. The van der Waals surface area contributed by atoms with Crippen LogP contribution >= 0.6 is 0 Å². The SMILES string of the molecule is Cc1ccc2nc(C)c(C(=O)NCc3ccc(-c4ccccc4)cc3)n2c1. The minimum atomic E-state index is -0.113. The van der Waals surface area contributed by atoms with Crippen molar-refractivity contribution in [3.8, 4) is 11.1 Å². The highest BCUT2D eigenvalue weighted by Gasteiger charge is 2.16. The van der Waals surface area contributed by atoms with Crippen LogP contribution < -0.4 is 5.32 Å². The molecule has 1 amide bonds. The first kappa shape index (κ1) is 17.0. The van der Waals surface area contributed by atoms with Gasteiger partial charge >= 0.3 is 0 Å². The second kappa shape index (κ2) is 7.08. The molecule has 0 aliphatic carbocycles. The largest absolute Gasteiger partial charge is 0.347 e. The maximum atomic E-state index is 12.7. The molecule has 2 aromatic carbocycles. The highest BCUT2D eigenvalue weighted by molar-refractivity contribution is 5.94. The first-order valence-electron chi connectivity index (χ1n) is 9.00. The van der Waals surface area contributed by atoms with Crippen LogP contribution in [-0.2, 0) is 6.54 Å². The number of amides is 1. The average molecular weight is 355 g/mol. The number of imidazole rings is 1. The monoisotopic (exact) mass is 355 g/mol. The van der Waals surface area contributed by atoms with Gasteiger partial charge in [0.1, 0.15) is 11.3 Å². The minimum Gasteiger partial charge on any atom is -0.347 e. The molecule has 0 aliphatic rings. The van der Waals surface area contributed by atoms with E-state index in [1.54, 1.807) is 0 Å². The van der Waals surface area contributed by atoms with Crippen molar-refractivity contribution in [3.63, 3.8) is 0 Å². The first-order valence-corrected chi connectivity index (χ1v) is 9.00. The topological polar surface area (TPSA) is 46.4 Å². The van der Waals surface area contributed by atoms with E-state index in [-0.39, 0.29) is 5.91 Å². The van der Waals surface area contributed by atoms with Gasteiger partial charge in [0.25, 0.3) is 5.91 Å². The summed E-state index contributed by atoms with van der Waals surface area (Å²) in [5.41, 5.74) is 6.61. The molecule has 0 radical (unpaired) electrons. The fourth-order valence-corrected chi connectivity index (χ4v) is 3.25. The van der Waals surface area contributed by atoms with Crippen LogP contribution in [0.25, 0.3) is 16.8 Å². The van der Waals surface area contributed by atoms with Gasteiger partial charge in [0, 0.05) is 12.7 Å². The van der Waals surface area contributed by atoms with E-state index in [1.807, 2.05) is 66.9 Å². The third-order valence-electron chi connectivity index (χ3n) is 4.67. The van der Waals surface area contributed by atoms with Crippen LogP contribution in [-0.4, -0.2) is 15.3 Å². The molecule has 0 saturated heterocycles. The molecule has 4 rings (SSSR count). The lowest BCUT2D eigenvalue weighted by Crippen LogP contribution is -2.25. The molecule has 27 heavy (non-hydrogen) atoms. The molecule has 0 saturated carbocycles. The number of fused-ring (bicyclic) bond motifs is 1. The molecule has 0 atom stereocenters. The molecule has 134 valence electrons. The average Bonchev–Trinajstić information content (AvgIpc) is 3.02. The summed E-state index contributed by atoms with van der Waals surface area (Å²) in [5, 5.41) is 3.01. The minimum absolute atomic E-state index is 0.113. The van der Waals surface area contributed by atoms with E-state index >= 15 is 0 Å². The maximum absolute atomic E-state index is 12.7. The molecule has 4 heteroatoms. The Bertz CT molecular complexity index is 1100. The van der Waals surface area contributed by atoms with Crippen LogP contribution in [0.4, 0.5) is 0 Å². The molecule has 0 bridgehead atoms.